The lowest BCUT2D eigenvalue weighted by Crippen LogP contribution is -2.31. The number of hydrogen-bond donors (Lipinski definition) is 5. The summed E-state index contributed by atoms with van der Waals surface area (Å²) in [5, 5.41) is 41.9. The quantitative estimate of drug-likeness (QED) is 0.324. The second kappa shape index (κ2) is 9.52. The smallest absolute Gasteiger partial charge is 0.373 e. The van der Waals surface area contributed by atoms with E-state index in [2.05, 4.69) is 0 Å². The molecule has 11 nitrogen and oxygen atoms in total. The third-order valence-electron chi connectivity index (χ3n) is 3.00. The number of carboxylic acids is 5. The molecule has 0 fully saturated rings. The molecule has 0 amide bonds. The van der Waals surface area contributed by atoms with Crippen LogP contribution >= 0.6 is 0 Å². The van der Waals surface area contributed by atoms with Gasteiger partial charge in [0.25, 0.3) is 5.78 Å². The molecule has 0 aromatic heterocycles. The highest BCUT2D eigenvalue weighted by molar-refractivity contribution is 6.37. The number of rotatable bonds is 7. The third kappa shape index (κ3) is 6.39. The first-order valence-electron chi connectivity index (χ1n) is 6.68. The highest BCUT2D eigenvalue weighted by atomic mass is 16.4. The van der Waals surface area contributed by atoms with Crippen molar-refractivity contribution in [1.29, 1.82) is 0 Å². The van der Waals surface area contributed by atoms with Crippen LogP contribution in [0.3, 0.4) is 0 Å². The predicted octanol–water partition coefficient (Wildman–Crippen LogP) is 0.207. The molecule has 0 spiro atoms. The van der Waals surface area contributed by atoms with Crippen LogP contribution in [-0.4, -0.2) is 61.2 Å². The van der Waals surface area contributed by atoms with Crippen molar-refractivity contribution in [1.82, 2.24) is 0 Å². The van der Waals surface area contributed by atoms with Gasteiger partial charge in [-0.3, -0.25) is 14.4 Å². The van der Waals surface area contributed by atoms with Gasteiger partial charge in [-0.1, -0.05) is 6.07 Å². The van der Waals surface area contributed by atoms with E-state index >= 15 is 0 Å². The molecule has 0 radical (unpaired) electrons. The average Bonchev–Trinajstić information content (AvgIpc) is 2.51. The fraction of sp³-hybridized carbons (Fsp3) is 0.200. The Balaban J connectivity index is 0.000000481. The normalized spacial score (nSPS) is 10.7. The number of hydrogen-bond acceptors (Lipinski definition) is 6. The first kappa shape index (κ1) is 22.2. The van der Waals surface area contributed by atoms with E-state index in [1.54, 1.807) is 0 Å². The fourth-order valence-electron chi connectivity index (χ4n) is 1.71. The van der Waals surface area contributed by atoms with Gasteiger partial charge in [-0.2, -0.15) is 0 Å². The highest BCUT2D eigenvalue weighted by Crippen LogP contribution is 2.13. The van der Waals surface area contributed by atoms with E-state index in [-0.39, 0.29) is 16.7 Å². The summed E-state index contributed by atoms with van der Waals surface area (Å²) < 4.78 is 0. The van der Waals surface area contributed by atoms with Crippen LogP contribution in [-0.2, 0) is 19.2 Å². The largest absolute Gasteiger partial charge is 0.481 e. The zero-order valence-electron chi connectivity index (χ0n) is 13.2. The number of Topliss-reactive ketones (excluding diaryl/α,β-unsaturated/α-hetero) is 1. The van der Waals surface area contributed by atoms with E-state index in [0.29, 0.717) is 0 Å². The maximum Gasteiger partial charge on any atom is 0.373 e. The molecule has 0 aliphatic carbocycles. The van der Waals surface area contributed by atoms with Gasteiger partial charge < -0.3 is 25.5 Å². The molecule has 1 unspecified atom stereocenters. The summed E-state index contributed by atoms with van der Waals surface area (Å²) in [5.41, 5.74) is 0.335. The van der Waals surface area contributed by atoms with Crippen LogP contribution in [0.2, 0.25) is 0 Å². The van der Waals surface area contributed by atoms with Gasteiger partial charge in [-0.15, -0.1) is 0 Å². The van der Waals surface area contributed by atoms with Crippen molar-refractivity contribution >= 4 is 35.6 Å². The van der Waals surface area contributed by atoms with Crippen LogP contribution in [0.15, 0.2) is 18.2 Å². The van der Waals surface area contributed by atoms with Crippen molar-refractivity contribution in [3.05, 3.63) is 34.9 Å². The fourth-order valence-corrected chi connectivity index (χ4v) is 1.71. The van der Waals surface area contributed by atoms with Gasteiger partial charge in [0.1, 0.15) is 5.92 Å². The third-order valence-corrected chi connectivity index (χ3v) is 3.00. The first-order valence-corrected chi connectivity index (χ1v) is 6.68. The Morgan fingerprint density at radius 1 is 0.846 bits per heavy atom. The van der Waals surface area contributed by atoms with Crippen molar-refractivity contribution in [2.45, 2.75) is 13.3 Å². The van der Waals surface area contributed by atoms with E-state index in [1.807, 2.05) is 0 Å². The average molecular weight is 370 g/mol. The second-order valence-electron chi connectivity index (χ2n) is 4.75. The van der Waals surface area contributed by atoms with Crippen molar-refractivity contribution < 1.29 is 54.3 Å². The Morgan fingerprint density at radius 2 is 1.27 bits per heavy atom. The predicted molar refractivity (Wildman–Crippen MR) is 81.1 cm³/mol. The van der Waals surface area contributed by atoms with Gasteiger partial charge in [0.15, 0.2) is 0 Å². The van der Waals surface area contributed by atoms with Crippen LogP contribution in [0.1, 0.15) is 32.7 Å². The number of benzene rings is 1. The van der Waals surface area contributed by atoms with Gasteiger partial charge in [0.05, 0.1) is 17.5 Å². The Labute approximate surface area is 145 Å². The minimum Gasteiger partial charge on any atom is -0.481 e. The van der Waals surface area contributed by atoms with E-state index < -0.39 is 48.0 Å². The number of carbonyl (C=O) groups is 6. The van der Waals surface area contributed by atoms with E-state index in [0.717, 1.165) is 0 Å². The van der Waals surface area contributed by atoms with Crippen molar-refractivity contribution in [3.8, 4) is 0 Å². The molecule has 26 heavy (non-hydrogen) atoms. The van der Waals surface area contributed by atoms with Gasteiger partial charge in [-0.05, 0) is 24.6 Å². The molecule has 0 heterocycles. The summed E-state index contributed by atoms with van der Waals surface area (Å²) in [6.45, 7) is 1.48. The molecule has 0 aliphatic rings. The van der Waals surface area contributed by atoms with Crippen LogP contribution in [0, 0.1) is 12.8 Å². The first-order chi connectivity index (χ1) is 11.9. The molecule has 140 valence electrons. The Hall–Kier alpha value is -3.76. The molecule has 0 saturated heterocycles. The SMILES string of the molecule is Cc1c(C(=O)O)cccc1C(=O)O.O=C(O)CC(C(=O)O)C(=O)C(=O)O. The summed E-state index contributed by atoms with van der Waals surface area (Å²) in [5.74, 6) is -11.1. The monoisotopic (exact) mass is 370 g/mol. The van der Waals surface area contributed by atoms with E-state index in [4.69, 9.17) is 25.5 Å². The van der Waals surface area contributed by atoms with Gasteiger partial charge >= 0.3 is 29.8 Å². The van der Waals surface area contributed by atoms with Crippen LogP contribution in [0.4, 0.5) is 0 Å². The van der Waals surface area contributed by atoms with Crippen molar-refractivity contribution in [2.24, 2.45) is 5.92 Å². The number of aromatic carboxylic acids is 2. The minimum atomic E-state index is -2.02. The van der Waals surface area contributed by atoms with Gasteiger partial charge in [0, 0.05) is 0 Å². The number of aliphatic carboxylic acids is 3. The summed E-state index contributed by atoms with van der Waals surface area (Å²) in [6.07, 6.45) is -1.03. The Morgan fingerprint density at radius 3 is 1.54 bits per heavy atom. The molecule has 11 heteroatoms. The molecule has 1 atom stereocenters. The maximum absolute atomic E-state index is 10.6. The molecule has 1 rings (SSSR count). The summed E-state index contributed by atoms with van der Waals surface area (Å²) >= 11 is 0. The summed E-state index contributed by atoms with van der Waals surface area (Å²) in [4.78, 5) is 62.1. The molecule has 5 N–H and O–H groups in total. The number of carbonyl (C=O) groups excluding carboxylic acids is 1. The molecular weight excluding hydrogens is 356 g/mol. The summed E-state index contributed by atoms with van der Waals surface area (Å²) in [6, 6.07) is 4.17. The zero-order valence-corrected chi connectivity index (χ0v) is 13.2. The van der Waals surface area contributed by atoms with Crippen LogP contribution in [0.25, 0.3) is 0 Å². The standard InChI is InChI=1S/C9H8O4.C6H6O7/c1-5-6(8(10)11)3-2-4-7(5)9(12)13;7-3(8)1-2(5(10)11)4(9)6(12)13/h2-4H,1H3,(H,10,11)(H,12,13);2H,1H2,(H,7,8)(H,10,11)(H,12,13). The topological polar surface area (TPSA) is 204 Å². The zero-order chi connectivity index (χ0) is 20.6. The second-order valence-corrected chi connectivity index (χ2v) is 4.75. The molecule has 1 aromatic carbocycles. The van der Waals surface area contributed by atoms with Crippen molar-refractivity contribution in [2.75, 3.05) is 0 Å². The lowest BCUT2D eigenvalue weighted by Gasteiger charge is -2.03. The molecule has 1 aromatic rings. The Kier molecular flexibility index (Phi) is 8.14. The molecule has 0 saturated carbocycles. The highest BCUT2D eigenvalue weighted by Gasteiger charge is 2.33. The van der Waals surface area contributed by atoms with Crippen LogP contribution in [0.5, 0.6) is 0 Å². The Bertz CT molecular complexity index is 731. The van der Waals surface area contributed by atoms with E-state index in [1.165, 1.54) is 25.1 Å². The summed E-state index contributed by atoms with van der Waals surface area (Å²) in [7, 11) is 0. The van der Waals surface area contributed by atoms with E-state index in [9.17, 15) is 28.8 Å². The lowest BCUT2D eigenvalue weighted by atomic mass is 10.0. The van der Waals surface area contributed by atoms with Gasteiger partial charge in [-0.25, -0.2) is 14.4 Å². The van der Waals surface area contributed by atoms with Crippen LogP contribution < -0.4 is 0 Å². The molecule has 0 bridgehead atoms. The van der Waals surface area contributed by atoms with Gasteiger partial charge in [0.2, 0.25) is 0 Å². The lowest BCUT2D eigenvalue weighted by molar-refractivity contribution is -0.159. The maximum atomic E-state index is 10.6. The minimum absolute atomic E-state index is 0.0277. The number of carboxylic acid groups (broad SMARTS) is 5. The molecule has 0 aliphatic heterocycles. The van der Waals surface area contributed by atoms with Crippen molar-refractivity contribution in [3.63, 3.8) is 0 Å². The number of ketones is 1. The molecular formula is C15H14O11.